The second-order valence-electron chi connectivity index (χ2n) is 19.0. The van der Waals surface area contributed by atoms with Gasteiger partial charge in [-0.25, -0.2) is 4.79 Å². The van der Waals surface area contributed by atoms with Crippen molar-refractivity contribution in [1.82, 2.24) is 10.2 Å². The molecule has 1 aromatic rings. The van der Waals surface area contributed by atoms with Gasteiger partial charge in [-0.05, 0) is 92.3 Å². The Bertz CT molecular complexity index is 1610. The number of methoxy groups -OCH3 is 1. The van der Waals surface area contributed by atoms with E-state index in [1.807, 2.05) is 44.2 Å². The third kappa shape index (κ3) is 10.9. The van der Waals surface area contributed by atoms with Gasteiger partial charge in [0, 0.05) is 51.8 Å². The van der Waals surface area contributed by atoms with Gasteiger partial charge in [-0.3, -0.25) is 9.69 Å². The van der Waals surface area contributed by atoms with E-state index < -0.39 is 108 Å². The minimum absolute atomic E-state index is 0.00500. The monoisotopic (exact) mass is 883 g/mol. The van der Waals surface area contributed by atoms with Gasteiger partial charge in [0.25, 0.3) is 0 Å². The zero-order chi connectivity index (χ0) is 46.7. The van der Waals surface area contributed by atoms with Crippen molar-refractivity contribution in [2.24, 2.45) is 23.5 Å². The van der Waals surface area contributed by atoms with Gasteiger partial charge in [0.2, 0.25) is 0 Å². The van der Waals surface area contributed by atoms with Crippen molar-refractivity contribution < 1.29 is 63.5 Å². The lowest BCUT2D eigenvalue weighted by Gasteiger charge is -2.53. The minimum atomic E-state index is -1.86. The van der Waals surface area contributed by atoms with Crippen LogP contribution < -0.4 is 16.0 Å². The Balaban J connectivity index is 1.80. The van der Waals surface area contributed by atoms with Crippen molar-refractivity contribution in [1.29, 1.82) is 0 Å². The van der Waals surface area contributed by atoms with Crippen molar-refractivity contribution in [3.05, 3.63) is 30.3 Å². The number of ether oxygens (including phenoxy) is 6. The van der Waals surface area contributed by atoms with Crippen LogP contribution in [0, 0.1) is 17.8 Å². The van der Waals surface area contributed by atoms with Crippen molar-refractivity contribution in [3.8, 4) is 0 Å². The second-order valence-corrected chi connectivity index (χ2v) is 19.0. The van der Waals surface area contributed by atoms with E-state index in [1.54, 1.807) is 62.6 Å². The summed E-state index contributed by atoms with van der Waals surface area (Å²) in [7, 11) is 4.73. The Labute approximate surface area is 368 Å². The highest BCUT2D eigenvalue weighted by atomic mass is 16.7. The van der Waals surface area contributed by atoms with Gasteiger partial charge in [0.1, 0.15) is 35.1 Å². The summed E-state index contributed by atoms with van der Waals surface area (Å²) in [5.74, 6) is -3.01. The van der Waals surface area contributed by atoms with E-state index in [2.05, 4.69) is 5.32 Å². The van der Waals surface area contributed by atoms with E-state index in [4.69, 9.17) is 34.2 Å². The number of aliphatic hydroxyl groups is 5. The lowest BCUT2D eigenvalue weighted by molar-refractivity contribution is -0.335. The number of esters is 1. The van der Waals surface area contributed by atoms with E-state index >= 15 is 0 Å². The molecular formula is C45H78N4O13. The van der Waals surface area contributed by atoms with Crippen molar-refractivity contribution in [2.45, 2.75) is 185 Å². The topological polar surface area (TPSA) is 235 Å². The molecule has 356 valence electrons. The number of urea groups is 1. The number of hydrogen-bond acceptors (Lipinski definition) is 15. The summed E-state index contributed by atoms with van der Waals surface area (Å²) < 4.78 is 38.1. The van der Waals surface area contributed by atoms with Crippen LogP contribution in [0.4, 0.5) is 10.5 Å². The average Bonchev–Trinajstić information content (AvgIpc) is 3.23. The van der Waals surface area contributed by atoms with E-state index in [-0.39, 0.29) is 44.2 Å². The number of nitrogens with one attached hydrogen (secondary N) is 1. The zero-order valence-electron chi connectivity index (χ0n) is 39.2. The standard InChI is InChI=1S/C45H78N4O13/c1-14-33-44(10,55)37(51)29(6)47-23-25(2)21-42(8,54)38(62-40-35(50)32(20-26(3)58-40)49(12)41(53)48(11)31-18-16-15-17-19-31)27(4)36(28(5)39(52)60-33)61-34-22-43(9,57-13)45(56,24-46)30(7)59-34/h15-19,25-30,32-38,40,47,50-51,54-56H,14,20-24,46H2,1-13H3/t25-,26-,27+,28-,29-,30+,32+,33-,34+,35-,36+,37-,38-,40+,42-,43-,44-,45+/m1/s1. The quantitative estimate of drug-likeness (QED) is 0.177. The van der Waals surface area contributed by atoms with Crippen LogP contribution in [0.1, 0.15) is 94.9 Å². The molecule has 17 heteroatoms. The molecule has 0 spiro atoms. The molecule has 2 amide bonds. The van der Waals surface area contributed by atoms with E-state index in [0.717, 1.165) is 0 Å². The Kier molecular flexibility index (Phi) is 17.4. The minimum Gasteiger partial charge on any atom is -0.459 e. The summed E-state index contributed by atoms with van der Waals surface area (Å²) in [6.07, 6.45) is -9.43. The SMILES string of the molecule is CC[C@H]1OC(=O)[C@H](C)[C@@H](O[C@H]2C[C@@](C)(OC)[C@](O)(CN)[C@H](C)O2)[C@H](C)[C@@H](O[C@@H]2O[C@H](C)C[C@H](N(C)C(=O)N(C)c3ccccc3)[C@H]2O)[C@](C)(O)C[C@@H](C)CN[C@H](C)[C@@H](O)[C@]1(C)O. The Morgan fingerprint density at radius 1 is 0.968 bits per heavy atom. The molecule has 3 saturated heterocycles. The number of hydrogen-bond donors (Lipinski definition) is 7. The molecule has 0 radical (unpaired) electrons. The molecule has 0 unspecified atom stereocenters. The first-order chi connectivity index (χ1) is 28.8. The third-order valence-corrected chi connectivity index (χ3v) is 14.1. The summed E-state index contributed by atoms with van der Waals surface area (Å²) >= 11 is 0. The molecule has 62 heavy (non-hydrogen) atoms. The number of carbonyl (C=O) groups is 2. The fourth-order valence-electron chi connectivity index (χ4n) is 9.81. The van der Waals surface area contributed by atoms with Crippen LogP contribution in [0.3, 0.4) is 0 Å². The van der Waals surface area contributed by atoms with Crippen LogP contribution in [0.5, 0.6) is 0 Å². The zero-order valence-corrected chi connectivity index (χ0v) is 39.2. The number of aliphatic hydroxyl groups excluding tert-OH is 2. The molecule has 0 aliphatic carbocycles. The van der Waals surface area contributed by atoms with Crippen LogP contribution in [-0.4, -0.2) is 167 Å². The van der Waals surface area contributed by atoms with Crippen molar-refractivity contribution in [3.63, 3.8) is 0 Å². The van der Waals surface area contributed by atoms with Gasteiger partial charge in [-0.2, -0.15) is 0 Å². The first kappa shape index (κ1) is 52.1. The van der Waals surface area contributed by atoms with Gasteiger partial charge in [0.05, 0.1) is 42.0 Å². The molecule has 3 heterocycles. The van der Waals surface area contributed by atoms with Gasteiger partial charge in [-0.1, -0.05) is 39.0 Å². The number of nitrogens with two attached hydrogens (primary N) is 1. The highest BCUT2D eigenvalue weighted by Crippen LogP contribution is 2.43. The molecule has 1 aromatic carbocycles. The fraction of sp³-hybridized carbons (Fsp3) is 0.822. The first-order valence-corrected chi connectivity index (χ1v) is 22.2. The average molecular weight is 883 g/mol. The van der Waals surface area contributed by atoms with E-state index in [1.165, 1.54) is 23.8 Å². The number of cyclic esters (lactones) is 1. The first-order valence-electron chi connectivity index (χ1n) is 22.2. The molecule has 8 N–H and O–H groups in total. The molecule has 3 aliphatic rings. The van der Waals surface area contributed by atoms with Crippen LogP contribution in [0.15, 0.2) is 30.3 Å². The maximum Gasteiger partial charge on any atom is 0.324 e. The largest absolute Gasteiger partial charge is 0.459 e. The Morgan fingerprint density at radius 2 is 1.60 bits per heavy atom. The molecule has 18 atom stereocenters. The van der Waals surface area contributed by atoms with Crippen LogP contribution in [0.2, 0.25) is 0 Å². The number of anilines is 1. The number of rotatable bonds is 9. The normalized spacial score (nSPS) is 44.1. The van der Waals surface area contributed by atoms with E-state index in [9.17, 15) is 35.1 Å². The van der Waals surface area contributed by atoms with Crippen molar-refractivity contribution in [2.75, 3.05) is 39.2 Å². The maximum atomic E-state index is 14.4. The highest BCUT2D eigenvalue weighted by Gasteiger charge is 2.58. The number of nitrogens with zero attached hydrogens (tertiary/aromatic N) is 2. The lowest BCUT2D eigenvalue weighted by Crippen LogP contribution is -2.69. The smallest absolute Gasteiger partial charge is 0.324 e. The van der Waals surface area contributed by atoms with Crippen LogP contribution in [0.25, 0.3) is 0 Å². The fourth-order valence-corrected chi connectivity index (χ4v) is 9.81. The Morgan fingerprint density at radius 3 is 2.18 bits per heavy atom. The van der Waals surface area contributed by atoms with Gasteiger partial charge < -0.3 is 69.9 Å². The molecule has 3 aliphatic heterocycles. The molecule has 0 bridgehead atoms. The predicted octanol–water partition coefficient (Wildman–Crippen LogP) is 2.51. The molecule has 0 saturated carbocycles. The Hall–Kier alpha value is -2.52. The molecule has 4 rings (SSSR count). The molecule has 17 nitrogen and oxygen atoms in total. The number of para-hydroxylation sites is 1. The number of benzene rings is 1. The third-order valence-electron chi connectivity index (χ3n) is 14.1. The predicted molar refractivity (Wildman–Crippen MR) is 232 cm³/mol. The number of likely N-dealkylation sites (N-methyl/N-ethyl adjacent to an activating group) is 1. The summed E-state index contributed by atoms with van der Waals surface area (Å²) in [5.41, 5.74) is 0.343. The molecule has 3 fully saturated rings. The van der Waals surface area contributed by atoms with Crippen LogP contribution >= 0.6 is 0 Å². The van der Waals surface area contributed by atoms with Crippen LogP contribution in [-0.2, 0) is 33.2 Å². The summed E-state index contributed by atoms with van der Waals surface area (Å²) in [6, 6.07) is 7.37. The number of amides is 2. The summed E-state index contributed by atoms with van der Waals surface area (Å²) in [5, 5.41) is 62.8. The van der Waals surface area contributed by atoms with Gasteiger partial charge in [0.15, 0.2) is 12.6 Å². The number of carbonyl (C=O) groups excluding carboxylic acids is 2. The molecule has 0 aromatic heterocycles. The lowest BCUT2D eigenvalue weighted by atomic mass is 9.75. The van der Waals surface area contributed by atoms with Gasteiger partial charge >= 0.3 is 12.0 Å². The van der Waals surface area contributed by atoms with Crippen molar-refractivity contribution >= 4 is 17.7 Å². The highest BCUT2D eigenvalue weighted by molar-refractivity contribution is 5.91. The second kappa shape index (κ2) is 20.8. The van der Waals surface area contributed by atoms with Gasteiger partial charge in [-0.15, -0.1) is 0 Å². The summed E-state index contributed by atoms with van der Waals surface area (Å²) in [6.45, 7) is 17.1. The molecular weight excluding hydrogens is 805 g/mol. The van der Waals surface area contributed by atoms with E-state index in [0.29, 0.717) is 12.2 Å². The maximum absolute atomic E-state index is 14.4. The summed E-state index contributed by atoms with van der Waals surface area (Å²) in [4.78, 5) is 31.2.